The van der Waals surface area contributed by atoms with Crippen molar-refractivity contribution in [3.8, 4) is 11.5 Å². The summed E-state index contributed by atoms with van der Waals surface area (Å²) in [5.41, 5.74) is 1.88. The van der Waals surface area contributed by atoms with Gasteiger partial charge in [0, 0.05) is 19.5 Å². The van der Waals surface area contributed by atoms with Crippen molar-refractivity contribution in [3.05, 3.63) is 45.6 Å². The Bertz CT molecular complexity index is 960. The fourth-order valence-electron chi connectivity index (χ4n) is 3.87. The van der Waals surface area contributed by atoms with Crippen LogP contribution >= 0.6 is 11.3 Å². The molecular weight excluding hydrogens is 432 g/mol. The normalized spacial score (nSPS) is 15.0. The maximum Gasteiger partial charge on any atom is 0.307 e. The molecule has 1 aliphatic rings. The summed E-state index contributed by atoms with van der Waals surface area (Å²) in [5, 5.41) is 4.68. The van der Waals surface area contributed by atoms with Gasteiger partial charge in [-0.05, 0) is 47.5 Å². The fourth-order valence-corrected chi connectivity index (χ4v) is 4.51. The van der Waals surface area contributed by atoms with E-state index in [2.05, 4.69) is 5.32 Å². The lowest BCUT2D eigenvalue weighted by Crippen LogP contribution is -2.41. The zero-order chi connectivity index (χ0) is 23.1. The summed E-state index contributed by atoms with van der Waals surface area (Å²) in [5.74, 6) is 0.573. The second kappa shape index (κ2) is 11.0. The highest BCUT2D eigenvalue weighted by Gasteiger charge is 2.33. The van der Waals surface area contributed by atoms with Crippen molar-refractivity contribution in [2.75, 3.05) is 34.4 Å². The standard InChI is InChI=1S/C23H28N2O6S/c1-29-18-12-15-8-10-25(17(14-22(27)31-3)16(15)13-19(18)30-2)21(26)7-4-9-24-23(28)20-6-5-11-32-20/h5-6,11-13,17H,4,7-10,14H2,1-3H3,(H,24,28). The molecule has 8 nitrogen and oxygen atoms in total. The van der Waals surface area contributed by atoms with Gasteiger partial charge in [-0.3, -0.25) is 14.4 Å². The van der Waals surface area contributed by atoms with Gasteiger partial charge in [0.15, 0.2) is 11.5 Å². The van der Waals surface area contributed by atoms with E-state index in [-0.39, 0.29) is 24.7 Å². The maximum atomic E-state index is 13.0. The van der Waals surface area contributed by atoms with Crippen LogP contribution in [0.2, 0.25) is 0 Å². The minimum atomic E-state index is -0.445. The fraction of sp³-hybridized carbons (Fsp3) is 0.435. The third kappa shape index (κ3) is 5.40. The number of hydrogen-bond donors (Lipinski definition) is 1. The summed E-state index contributed by atoms with van der Waals surface area (Å²) < 4.78 is 15.7. The molecule has 9 heteroatoms. The summed E-state index contributed by atoms with van der Waals surface area (Å²) >= 11 is 1.38. The lowest BCUT2D eigenvalue weighted by Gasteiger charge is -2.37. The van der Waals surface area contributed by atoms with E-state index < -0.39 is 12.0 Å². The first-order chi connectivity index (χ1) is 15.5. The van der Waals surface area contributed by atoms with E-state index in [9.17, 15) is 14.4 Å². The Morgan fingerprint density at radius 3 is 2.56 bits per heavy atom. The van der Waals surface area contributed by atoms with E-state index in [1.165, 1.54) is 18.4 Å². The van der Waals surface area contributed by atoms with Crippen molar-refractivity contribution < 1.29 is 28.6 Å². The number of carbonyl (C=O) groups is 3. The van der Waals surface area contributed by atoms with Crippen LogP contribution in [0.15, 0.2) is 29.6 Å². The Balaban J connectivity index is 1.69. The van der Waals surface area contributed by atoms with Gasteiger partial charge in [-0.1, -0.05) is 6.07 Å². The number of nitrogens with one attached hydrogen (secondary N) is 1. The molecule has 0 fully saturated rings. The van der Waals surface area contributed by atoms with E-state index in [1.807, 2.05) is 23.6 Å². The van der Waals surface area contributed by atoms with Gasteiger partial charge >= 0.3 is 5.97 Å². The number of benzene rings is 1. The van der Waals surface area contributed by atoms with Crippen molar-refractivity contribution >= 4 is 29.1 Å². The quantitative estimate of drug-likeness (QED) is 0.457. The number of methoxy groups -OCH3 is 3. The number of fused-ring (bicyclic) bond motifs is 1. The van der Waals surface area contributed by atoms with Gasteiger partial charge in [-0.2, -0.15) is 0 Å². The second-order valence-electron chi connectivity index (χ2n) is 7.38. The number of amides is 2. The first kappa shape index (κ1) is 23.6. The molecule has 1 aromatic carbocycles. The predicted octanol–water partition coefficient (Wildman–Crippen LogP) is 2.96. The van der Waals surface area contributed by atoms with Crippen LogP contribution in [0.3, 0.4) is 0 Å². The monoisotopic (exact) mass is 460 g/mol. The first-order valence-electron chi connectivity index (χ1n) is 10.4. The molecule has 0 saturated carbocycles. The largest absolute Gasteiger partial charge is 0.493 e. The van der Waals surface area contributed by atoms with E-state index in [1.54, 1.807) is 25.2 Å². The molecule has 0 spiro atoms. The summed E-state index contributed by atoms with van der Waals surface area (Å²) in [6.07, 6.45) is 1.48. The Labute approximate surface area is 191 Å². The maximum absolute atomic E-state index is 13.0. The highest BCUT2D eigenvalue weighted by Crippen LogP contribution is 2.39. The molecule has 0 aliphatic carbocycles. The number of rotatable bonds is 9. The van der Waals surface area contributed by atoms with E-state index in [0.29, 0.717) is 42.3 Å². The number of carbonyl (C=O) groups excluding carboxylic acids is 3. The molecule has 1 aromatic heterocycles. The van der Waals surface area contributed by atoms with Gasteiger partial charge in [0.25, 0.3) is 5.91 Å². The number of nitrogens with zero attached hydrogens (tertiary/aromatic N) is 1. The van der Waals surface area contributed by atoms with Gasteiger partial charge in [0.1, 0.15) is 0 Å². The molecule has 0 radical (unpaired) electrons. The van der Waals surface area contributed by atoms with E-state index in [4.69, 9.17) is 14.2 Å². The van der Waals surface area contributed by atoms with Crippen molar-refractivity contribution in [2.24, 2.45) is 0 Å². The van der Waals surface area contributed by atoms with Crippen LogP contribution in [0.5, 0.6) is 11.5 Å². The molecule has 32 heavy (non-hydrogen) atoms. The van der Waals surface area contributed by atoms with Crippen molar-refractivity contribution in [2.45, 2.75) is 31.7 Å². The van der Waals surface area contributed by atoms with Crippen LogP contribution in [0.4, 0.5) is 0 Å². The Morgan fingerprint density at radius 2 is 1.91 bits per heavy atom. The van der Waals surface area contributed by atoms with E-state index >= 15 is 0 Å². The van der Waals surface area contributed by atoms with Gasteiger partial charge < -0.3 is 24.4 Å². The molecule has 2 heterocycles. The van der Waals surface area contributed by atoms with Gasteiger partial charge in [-0.25, -0.2) is 0 Å². The molecule has 1 atom stereocenters. The Hall–Kier alpha value is -3.07. The summed E-state index contributed by atoms with van der Waals surface area (Å²) in [4.78, 5) is 39.6. The minimum absolute atomic E-state index is 0.0554. The Morgan fingerprint density at radius 1 is 1.16 bits per heavy atom. The average Bonchev–Trinajstić information content (AvgIpc) is 3.35. The first-order valence-corrected chi connectivity index (χ1v) is 11.3. The van der Waals surface area contributed by atoms with Gasteiger partial charge in [-0.15, -0.1) is 11.3 Å². The van der Waals surface area contributed by atoms with Crippen molar-refractivity contribution in [3.63, 3.8) is 0 Å². The molecular formula is C23H28N2O6S. The summed E-state index contributed by atoms with van der Waals surface area (Å²) in [6, 6.07) is 6.88. The Kier molecular flexibility index (Phi) is 8.10. The molecule has 1 aliphatic heterocycles. The zero-order valence-electron chi connectivity index (χ0n) is 18.5. The van der Waals surface area contributed by atoms with Crippen LogP contribution < -0.4 is 14.8 Å². The second-order valence-corrected chi connectivity index (χ2v) is 8.32. The third-order valence-electron chi connectivity index (χ3n) is 5.51. The molecule has 3 rings (SSSR count). The third-order valence-corrected chi connectivity index (χ3v) is 6.38. The minimum Gasteiger partial charge on any atom is -0.493 e. The number of esters is 1. The predicted molar refractivity (Wildman–Crippen MR) is 120 cm³/mol. The number of hydrogen-bond acceptors (Lipinski definition) is 7. The summed E-state index contributed by atoms with van der Waals surface area (Å²) in [6.45, 7) is 0.893. The zero-order valence-corrected chi connectivity index (χ0v) is 19.3. The lowest BCUT2D eigenvalue weighted by atomic mass is 9.89. The highest BCUT2D eigenvalue weighted by molar-refractivity contribution is 7.12. The number of ether oxygens (including phenoxy) is 3. The molecule has 172 valence electrons. The average molecular weight is 461 g/mol. The molecule has 1 unspecified atom stereocenters. The lowest BCUT2D eigenvalue weighted by molar-refractivity contribution is -0.144. The van der Waals surface area contributed by atoms with Crippen LogP contribution in [-0.2, 0) is 20.7 Å². The molecule has 1 N–H and O–H groups in total. The SMILES string of the molecule is COC(=O)CC1c2cc(OC)c(OC)cc2CCN1C(=O)CCCNC(=O)c1cccs1. The van der Waals surface area contributed by atoms with Gasteiger partial charge in [0.2, 0.25) is 5.91 Å². The van der Waals surface area contributed by atoms with Crippen LogP contribution in [0.25, 0.3) is 0 Å². The summed E-state index contributed by atoms with van der Waals surface area (Å²) in [7, 11) is 4.46. The van der Waals surface area contributed by atoms with Crippen LogP contribution in [0, 0.1) is 0 Å². The van der Waals surface area contributed by atoms with Crippen LogP contribution in [-0.4, -0.2) is 57.1 Å². The highest BCUT2D eigenvalue weighted by atomic mass is 32.1. The molecule has 2 amide bonds. The van der Waals surface area contributed by atoms with Crippen molar-refractivity contribution in [1.82, 2.24) is 10.2 Å². The number of thiophene rings is 1. The molecule has 0 saturated heterocycles. The smallest absolute Gasteiger partial charge is 0.307 e. The molecule has 0 bridgehead atoms. The van der Waals surface area contributed by atoms with Gasteiger partial charge in [0.05, 0.1) is 38.7 Å². The van der Waals surface area contributed by atoms with E-state index in [0.717, 1.165) is 11.1 Å². The topological polar surface area (TPSA) is 94.2 Å². The molecule has 2 aromatic rings. The van der Waals surface area contributed by atoms with Crippen LogP contribution in [0.1, 0.15) is 46.1 Å². The van der Waals surface area contributed by atoms with Crippen molar-refractivity contribution in [1.29, 1.82) is 0 Å².